The van der Waals surface area contributed by atoms with Crippen LogP contribution in [0, 0.1) is 0 Å². The smallest absolute Gasteiger partial charge is 0.264 e. The van der Waals surface area contributed by atoms with Gasteiger partial charge in [0.05, 0.1) is 22.2 Å². The highest BCUT2D eigenvalue weighted by molar-refractivity contribution is 9.10. The minimum Gasteiger partial charge on any atom is -0.496 e. The van der Waals surface area contributed by atoms with Crippen molar-refractivity contribution in [1.29, 1.82) is 0 Å². The zero-order chi connectivity index (χ0) is 18.0. The summed E-state index contributed by atoms with van der Waals surface area (Å²) in [4.78, 5) is 0.178. The summed E-state index contributed by atoms with van der Waals surface area (Å²) in [5, 5.41) is 0. The van der Waals surface area contributed by atoms with Crippen LogP contribution in [0.3, 0.4) is 0 Å². The predicted octanol–water partition coefficient (Wildman–Crippen LogP) is 3.44. The summed E-state index contributed by atoms with van der Waals surface area (Å²) in [6.45, 7) is 3.00. The van der Waals surface area contributed by atoms with Crippen molar-refractivity contribution < 1.29 is 22.6 Å². The van der Waals surface area contributed by atoms with Gasteiger partial charge in [-0.15, -0.1) is 0 Å². The largest absolute Gasteiger partial charge is 0.496 e. The lowest BCUT2D eigenvalue weighted by Gasteiger charge is -2.25. The van der Waals surface area contributed by atoms with Crippen molar-refractivity contribution >= 4 is 31.6 Å². The first-order chi connectivity index (χ1) is 12.0. The van der Waals surface area contributed by atoms with E-state index in [-0.39, 0.29) is 11.4 Å². The van der Waals surface area contributed by atoms with Gasteiger partial charge in [-0.05, 0) is 53.2 Å². The Bertz CT molecular complexity index is 885. The molecule has 6 nitrogen and oxygen atoms in total. The molecule has 0 spiro atoms. The number of methoxy groups -OCH3 is 1. The van der Waals surface area contributed by atoms with Gasteiger partial charge in [-0.3, -0.25) is 4.31 Å². The Kier molecular flexibility index (Phi) is 5.10. The van der Waals surface area contributed by atoms with Crippen molar-refractivity contribution in [2.24, 2.45) is 0 Å². The second-order valence-corrected chi connectivity index (χ2v) is 8.01. The molecule has 1 heterocycles. The van der Waals surface area contributed by atoms with Gasteiger partial charge >= 0.3 is 0 Å². The van der Waals surface area contributed by atoms with Crippen molar-refractivity contribution in [3.63, 3.8) is 0 Å². The molecule has 2 aromatic carbocycles. The Labute approximate surface area is 155 Å². The summed E-state index contributed by atoms with van der Waals surface area (Å²) in [6.07, 6.45) is 0. The third-order valence-corrected chi connectivity index (χ3v) is 6.33. The fraction of sp³-hybridized carbons (Fsp3) is 0.294. The molecule has 1 aliphatic heterocycles. The fourth-order valence-electron chi connectivity index (χ4n) is 2.61. The number of anilines is 1. The molecule has 0 radical (unpaired) electrons. The molecule has 0 unspecified atom stereocenters. The van der Waals surface area contributed by atoms with E-state index in [0.717, 1.165) is 0 Å². The molecule has 8 heteroatoms. The minimum absolute atomic E-state index is 0.178. The van der Waals surface area contributed by atoms with E-state index in [4.69, 9.17) is 14.2 Å². The lowest BCUT2D eigenvalue weighted by atomic mass is 10.2. The molecule has 0 N–H and O–H groups in total. The number of halogens is 1. The van der Waals surface area contributed by atoms with Gasteiger partial charge in [0.15, 0.2) is 11.5 Å². The minimum atomic E-state index is -3.73. The Morgan fingerprint density at radius 3 is 2.48 bits per heavy atom. The summed E-state index contributed by atoms with van der Waals surface area (Å²) in [5.41, 5.74) is 0.527. The number of nitrogens with zero attached hydrogens (tertiary/aromatic N) is 1. The van der Waals surface area contributed by atoms with Crippen molar-refractivity contribution in [1.82, 2.24) is 0 Å². The molecule has 25 heavy (non-hydrogen) atoms. The summed E-state index contributed by atoms with van der Waals surface area (Å²) in [6, 6.07) is 9.82. The Morgan fingerprint density at radius 1 is 1.12 bits per heavy atom. The topological polar surface area (TPSA) is 65.1 Å². The van der Waals surface area contributed by atoms with Crippen LogP contribution in [0.2, 0.25) is 0 Å². The van der Waals surface area contributed by atoms with E-state index < -0.39 is 10.0 Å². The highest BCUT2D eigenvalue weighted by Crippen LogP contribution is 2.36. The van der Waals surface area contributed by atoms with Gasteiger partial charge in [-0.1, -0.05) is 0 Å². The predicted molar refractivity (Wildman–Crippen MR) is 98.3 cm³/mol. The molecule has 2 aromatic rings. The molecular formula is C17H18BrNO5S. The molecule has 0 bridgehead atoms. The maximum absolute atomic E-state index is 13.1. The van der Waals surface area contributed by atoms with Gasteiger partial charge in [-0.2, -0.15) is 0 Å². The molecule has 0 amide bonds. The van der Waals surface area contributed by atoms with Crippen LogP contribution in [0.15, 0.2) is 45.8 Å². The van der Waals surface area contributed by atoms with Gasteiger partial charge in [0.1, 0.15) is 19.0 Å². The third-order valence-electron chi connectivity index (χ3n) is 3.81. The molecule has 0 fully saturated rings. The first-order valence-electron chi connectivity index (χ1n) is 7.73. The van der Waals surface area contributed by atoms with Crippen molar-refractivity contribution in [2.75, 3.05) is 31.2 Å². The van der Waals surface area contributed by atoms with Crippen LogP contribution < -0.4 is 18.5 Å². The number of hydrogen-bond acceptors (Lipinski definition) is 5. The molecule has 0 aliphatic carbocycles. The molecule has 0 aromatic heterocycles. The van der Waals surface area contributed by atoms with Gasteiger partial charge in [0.25, 0.3) is 10.0 Å². The quantitative estimate of drug-likeness (QED) is 0.730. The molecule has 1 aliphatic rings. The Balaban J connectivity index is 2.00. The summed E-state index contributed by atoms with van der Waals surface area (Å²) < 4.78 is 44.3. The van der Waals surface area contributed by atoms with Crippen LogP contribution in [-0.2, 0) is 10.0 Å². The first-order valence-corrected chi connectivity index (χ1v) is 9.96. The van der Waals surface area contributed by atoms with E-state index in [1.165, 1.54) is 23.5 Å². The zero-order valence-corrected chi connectivity index (χ0v) is 16.3. The van der Waals surface area contributed by atoms with Gasteiger partial charge in [0, 0.05) is 12.6 Å². The second-order valence-electron chi connectivity index (χ2n) is 5.29. The lowest BCUT2D eigenvalue weighted by Crippen LogP contribution is -2.31. The molecule has 0 atom stereocenters. The lowest BCUT2D eigenvalue weighted by molar-refractivity contribution is 0.171. The molecular weight excluding hydrogens is 410 g/mol. The van der Waals surface area contributed by atoms with Crippen LogP contribution in [0.25, 0.3) is 0 Å². The van der Waals surface area contributed by atoms with Crippen molar-refractivity contribution in [2.45, 2.75) is 11.8 Å². The van der Waals surface area contributed by atoms with Crippen LogP contribution >= 0.6 is 15.9 Å². The standard InChI is InChI=1S/C17H18BrNO5S/c1-3-19(12-4-6-16-17(10-12)24-9-8-23-16)25(20,21)13-5-7-15(22-2)14(18)11-13/h4-7,10-11H,3,8-9H2,1-2H3. The van der Waals surface area contributed by atoms with Crippen LogP contribution in [-0.4, -0.2) is 35.3 Å². The molecule has 0 saturated carbocycles. The number of ether oxygens (including phenoxy) is 3. The SMILES string of the molecule is CCN(c1ccc2c(c1)OCCO2)S(=O)(=O)c1ccc(OC)c(Br)c1. The number of sulfonamides is 1. The molecule has 134 valence electrons. The van der Waals surface area contributed by atoms with E-state index >= 15 is 0 Å². The maximum Gasteiger partial charge on any atom is 0.264 e. The van der Waals surface area contributed by atoms with E-state index in [2.05, 4.69) is 15.9 Å². The average Bonchev–Trinajstić information content (AvgIpc) is 2.62. The van der Waals surface area contributed by atoms with E-state index in [9.17, 15) is 8.42 Å². The van der Waals surface area contributed by atoms with Crippen LogP contribution in [0.5, 0.6) is 17.2 Å². The highest BCUT2D eigenvalue weighted by Gasteiger charge is 2.26. The normalized spacial score (nSPS) is 13.4. The summed E-state index contributed by atoms with van der Waals surface area (Å²) in [7, 11) is -2.20. The van der Waals surface area contributed by atoms with E-state index in [1.54, 1.807) is 31.2 Å². The average molecular weight is 428 g/mol. The van der Waals surface area contributed by atoms with Gasteiger partial charge < -0.3 is 14.2 Å². The number of hydrogen-bond donors (Lipinski definition) is 0. The number of fused-ring (bicyclic) bond motifs is 1. The van der Waals surface area contributed by atoms with E-state index in [1.807, 2.05) is 0 Å². The van der Waals surface area contributed by atoms with Crippen LogP contribution in [0.4, 0.5) is 5.69 Å². The summed E-state index contributed by atoms with van der Waals surface area (Å²) >= 11 is 3.33. The van der Waals surface area contributed by atoms with E-state index in [0.29, 0.717) is 40.6 Å². The van der Waals surface area contributed by atoms with Gasteiger partial charge in [-0.25, -0.2) is 8.42 Å². The third kappa shape index (κ3) is 3.41. The second kappa shape index (κ2) is 7.13. The van der Waals surface area contributed by atoms with Crippen LogP contribution in [0.1, 0.15) is 6.92 Å². The molecule has 0 saturated heterocycles. The number of rotatable bonds is 5. The zero-order valence-electron chi connectivity index (χ0n) is 13.9. The Hall–Kier alpha value is -1.93. The highest BCUT2D eigenvalue weighted by atomic mass is 79.9. The summed E-state index contributed by atoms with van der Waals surface area (Å²) in [5.74, 6) is 1.74. The van der Waals surface area contributed by atoms with Crippen molar-refractivity contribution in [3.8, 4) is 17.2 Å². The maximum atomic E-state index is 13.1. The molecule has 3 rings (SSSR count). The van der Waals surface area contributed by atoms with Gasteiger partial charge in [0.2, 0.25) is 0 Å². The number of benzene rings is 2. The monoisotopic (exact) mass is 427 g/mol. The first kappa shape index (κ1) is 17.9. The fourth-order valence-corrected chi connectivity index (χ4v) is 4.80. The Morgan fingerprint density at radius 2 is 1.84 bits per heavy atom. The van der Waals surface area contributed by atoms with Crippen molar-refractivity contribution in [3.05, 3.63) is 40.9 Å².